The Morgan fingerprint density at radius 1 is 1.20 bits per heavy atom. The van der Waals surface area contributed by atoms with E-state index >= 15 is 0 Å². The van der Waals surface area contributed by atoms with Crippen molar-refractivity contribution in [3.63, 3.8) is 0 Å². The Balaban J connectivity index is 2.35. The Hall–Kier alpha value is -2.14. The van der Waals surface area contributed by atoms with E-state index in [1.807, 2.05) is 30.3 Å². The van der Waals surface area contributed by atoms with Crippen molar-refractivity contribution in [3.8, 4) is 0 Å². The highest BCUT2D eigenvalue weighted by atomic mass is 32.1. The topological polar surface area (TPSA) is 52.6 Å². The van der Waals surface area contributed by atoms with Crippen molar-refractivity contribution in [2.45, 2.75) is 6.42 Å². The quantitative estimate of drug-likeness (QED) is 0.641. The number of methoxy groups -OCH3 is 2. The number of esters is 2. The number of hydrogen-bond acceptors (Lipinski definition) is 5. The van der Waals surface area contributed by atoms with Gasteiger partial charge in [-0.2, -0.15) is 0 Å². The molecule has 5 heteroatoms. The average molecular weight is 290 g/mol. The van der Waals surface area contributed by atoms with E-state index in [-0.39, 0.29) is 12.0 Å². The second kappa shape index (κ2) is 6.34. The Morgan fingerprint density at radius 2 is 1.95 bits per heavy atom. The predicted octanol–water partition coefficient (Wildman–Crippen LogP) is 3.02. The van der Waals surface area contributed by atoms with Crippen LogP contribution in [0.2, 0.25) is 0 Å². The zero-order chi connectivity index (χ0) is 14.5. The predicted molar refractivity (Wildman–Crippen MR) is 78.5 cm³/mol. The minimum absolute atomic E-state index is 0.0998. The van der Waals surface area contributed by atoms with Crippen molar-refractivity contribution in [2.75, 3.05) is 14.2 Å². The molecule has 0 fully saturated rings. The summed E-state index contributed by atoms with van der Waals surface area (Å²) >= 11 is 1.55. The molecule has 0 aliphatic rings. The Morgan fingerprint density at radius 3 is 2.60 bits per heavy atom. The minimum atomic E-state index is -0.521. The fourth-order valence-corrected chi connectivity index (χ4v) is 2.82. The molecular formula is C15H14O4S. The van der Waals surface area contributed by atoms with E-state index < -0.39 is 11.9 Å². The third kappa shape index (κ3) is 3.24. The van der Waals surface area contributed by atoms with Gasteiger partial charge in [0.25, 0.3) is 0 Å². The van der Waals surface area contributed by atoms with Crippen LogP contribution in [0.3, 0.4) is 0 Å². The van der Waals surface area contributed by atoms with Gasteiger partial charge in [-0.15, -0.1) is 11.3 Å². The molecule has 0 amide bonds. The van der Waals surface area contributed by atoms with Crippen LogP contribution in [0.25, 0.3) is 16.2 Å². The van der Waals surface area contributed by atoms with Crippen LogP contribution in [-0.4, -0.2) is 26.2 Å². The van der Waals surface area contributed by atoms with Crippen LogP contribution in [0.4, 0.5) is 0 Å². The lowest BCUT2D eigenvalue weighted by Gasteiger charge is -2.03. The number of ether oxygens (including phenoxy) is 2. The summed E-state index contributed by atoms with van der Waals surface area (Å²) in [6, 6.07) is 9.90. The van der Waals surface area contributed by atoms with Crippen molar-refractivity contribution in [1.29, 1.82) is 0 Å². The third-order valence-electron chi connectivity index (χ3n) is 2.77. The van der Waals surface area contributed by atoms with Gasteiger partial charge in [0.05, 0.1) is 20.6 Å². The third-order valence-corrected chi connectivity index (χ3v) is 3.83. The number of fused-ring (bicyclic) bond motifs is 1. The van der Waals surface area contributed by atoms with Gasteiger partial charge in [0.1, 0.15) is 0 Å². The van der Waals surface area contributed by atoms with Gasteiger partial charge < -0.3 is 9.47 Å². The van der Waals surface area contributed by atoms with Gasteiger partial charge in [-0.1, -0.05) is 18.2 Å². The van der Waals surface area contributed by atoms with Crippen LogP contribution >= 0.6 is 11.3 Å². The number of rotatable bonds is 4. The van der Waals surface area contributed by atoms with Crippen LogP contribution in [0.1, 0.15) is 11.3 Å². The average Bonchev–Trinajstić information content (AvgIpc) is 2.87. The van der Waals surface area contributed by atoms with Crippen LogP contribution in [0, 0.1) is 0 Å². The lowest BCUT2D eigenvalue weighted by molar-refractivity contribution is -0.143. The lowest BCUT2D eigenvalue weighted by atomic mass is 10.1. The maximum atomic E-state index is 11.7. The molecule has 1 aromatic heterocycles. The normalized spacial score (nSPS) is 11.4. The first kappa shape index (κ1) is 14.3. The van der Waals surface area contributed by atoms with Crippen molar-refractivity contribution in [1.82, 2.24) is 0 Å². The lowest BCUT2D eigenvalue weighted by Crippen LogP contribution is -2.10. The van der Waals surface area contributed by atoms with Crippen LogP contribution in [0.5, 0.6) is 0 Å². The van der Waals surface area contributed by atoms with Crippen molar-refractivity contribution < 1.29 is 19.1 Å². The smallest absolute Gasteiger partial charge is 0.334 e. The first-order valence-corrected chi connectivity index (χ1v) is 6.80. The number of thiophene rings is 1. The highest BCUT2D eigenvalue weighted by Gasteiger charge is 2.15. The van der Waals surface area contributed by atoms with Crippen LogP contribution in [0.15, 0.2) is 35.9 Å². The standard InChI is InChI=1S/C15H14O4S/c1-18-14(16)9-11(15(17)19-2)8-12-7-10-5-3-4-6-13(10)20-12/h3-8H,9H2,1-2H3/b11-8+. The zero-order valence-corrected chi connectivity index (χ0v) is 12.0. The molecule has 104 valence electrons. The first-order chi connectivity index (χ1) is 9.63. The molecule has 2 rings (SSSR count). The molecule has 1 heterocycles. The Labute approximate surface area is 120 Å². The molecule has 1 aromatic carbocycles. The Kier molecular flexibility index (Phi) is 4.53. The van der Waals surface area contributed by atoms with Gasteiger partial charge in [-0.25, -0.2) is 4.79 Å². The summed E-state index contributed by atoms with van der Waals surface area (Å²) in [5, 5.41) is 1.10. The van der Waals surface area contributed by atoms with E-state index in [9.17, 15) is 9.59 Å². The van der Waals surface area contributed by atoms with Crippen molar-refractivity contribution >= 4 is 39.4 Å². The summed E-state index contributed by atoms with van der Waals surface area (Å²) in [5.41, 5.74) is 0.283. The minimum Gasteiger partial charge on any atom is -0.469 e. The molecule has 0 saturated heterocycles. The summed E-state index contributed by atoms with van der Waals surface area (Å²) in [4.78, 5) is 23.9. The fraction of sp³-hybridized carbons (Fsp3) is 0.200. The van der Waals surface area contributed by atoms with Gasteiger partial charge in [-0.05, 0) is 23.6 Å². The molecular weight excluding hydrogens is 276 g/mol. The molecule has 0 N–H and O–H groups in total. The van der Waals surface area contributed by atoms with E-state index in [1.54, 1.807) is 17.4 Å². The van der Waals surface area contributed by atoms with Gasteiger partial charge in [0, 0.05) is 15.2 Å². The first-order valence-electron chi connectivity index (χ1n) is 5.98. The largest absolute Gasteiger partial charge is 0.469 e. The summed E-state index contributed by atoms with van der Waals surface area (Å²) in [7, 11) is 2.58. The molecule has 0 radical (unpaired) electrons. The second-order valence-corrected chi connectivity index (χ2v) is 5.22. The maximum absolute atomic E-state index is 11.7. The van der Waals surface area contributed by atoms with E-state index in [4.69, 9.17) is 4.74 Å². The molecule has 4 nitrogen and oxygen atoms in total. The second-order valence-electron chi connectivity index (χ2n) is 4.10. The van der Waals surface area contributed by atoms with Gasteiger partial charge in [0.2, 0.25) is 0 Å². The van der Waals surface area contributed by atoms with Gasteiger partial charge >= 0.3 is 11.9 Å². The molecule has 0 aliphatic carbocycles. The zero-order valence-electron chi connectivity index (χ0n) is 11.2. The van der Waals surface area contributed by atoms with Gasteiger partial charge in [-0.3, -0.25) is 4.79 Å². The molecule has 0 aliphatic heterocycles. The molecule has 0 unspecified atom stereocenters. The fourth-order valence-electron chi connectivity index (χ4n) is 1.79. The van der Waals surface area contributed by atoms with Crippen LogP contribution < -0.4 is 0 Å². The Bertz CT molecular complexity index is 636. The monoisotopic (exact) mass is 290 g/mol. The summed E-state index contributed by atoms with van der Waals surface area (Å²) in [6.45, 7) is 0. The number of benzene rings is 1. The highest BCUT2D eigenvalue weighted by Crippen LogP contribution is 2.27. The molecule has 0 atom stereocenters. The van der Waals surface area contributed by atoms with Crippen molar-refractivity contribution in [3.05, 3.63) is 40.8 Å². The summed E-state index contributed by atoms with van der Waals surface area (Å²) in [6.07, 6.45) is 1.57. The molecule has 20 heavy (non-hydrogen) atoms. The van der Waals surface area contributed by atoms with E-state index in [0.717, 1.165) is 15.0 Å². The summed E-state index contributed by atoms with van der Waals surface area (Å²) < 4.78 is 10.4. The van der Waals surface area contributed by atoms with E-state index in [1.165, 1.54) is 14.2 Å². The van der Waals surface area contributed by atoms with E-state index in [0.29, 0.717) is 0 Å². The SMILES string of the molecule is COC(=O)C/C(=C\c1cc2ccccc2s1)C(=O)OC. The molecule has 0 saturated carbocycles. The number of hydrogen-bond donors (Lipinski definition) is 0. The van der Waals surface area contributed by atoms with Gasteiger partial charge in [0.15, 0.2) is 0 Å². The highest BCUT2D eigenvalue weighted by molar-refractivity contribution is 7.19. The molecule has 0 spiro atoms. The maximum Gasteiger partial charge on any atom is 0.334 e. The van der Waals surface area contributed by atoms with Crippen molar-refractivity contribution in [2.24, 2.45) is 0 Å². The summed E-state index contributed by atoms with van der Waals surface area (Å²) in [5.74, 6) is -0.990. The number of carbonyl (C=O) groups excluding carboxylic acids is 2. The van der Waals surface area contributed by atoms with E-state index in [2.05, 4.69) is 4.74 Å². The molecule has 2 aromatic rings. The molecule has 0 bridgehead atoms. The van der Waals surface area contributed by atoms with Crippen LogP contribution in [-0.2, 0) is 19.1 Å². The number of carbonyl (C=O) groups is 2.